The van der Waals surface area contributed by atoms with Crippen molar-refractivity contribution in [1.82, 2.24) is 15.1 Å². The SMILES string of the molecule is CCC[C@@H]1C[C@H](N(C)C)CC[C@@H]1N1CC[C@H](NC(=O)c2ccc(-c3ccc(Cl)cc3)o2)C1=O. The fraction of sp³-hybridized carbons (Fsp3) is 0.538. The first-order valence-electron chi connectivity index (χ1n) is 12.0. The Morgan fingerprint density at radius 2 is 1.91 bits per heavy atom. The molecule has 0 bridgehead atoms. The third-order valence-corrected chi connectivity index (χ3v) is 7.46. The first-order valence-corrected chi connectivity index (χ1v) is 12.4. The van der Waals surface area contributed by atoms with Crippen molar-refractivity contribution in [3.05, 3.63) is 47.2 Å². The van der Waals surface area contributed by atoms with Crippen molar-refractivity contribution in [2.24, 2.45) is 5.92 Å². The molecule has 2 aromatic rings. The van der Waals surface area contributed by atoms with Crippen molar-refractivity contribution < 1.29 is 14.0 Å². The maximum Gasteiger partial charge on any atom is 0.287 e. The van der Waals surface area contributed by atoms with Crippen molar-refractivity contribution in [3.63, 3.8) is 0 Å². The molecule has 1 aliphatic heterocycles. The molecule has 0 unspecified atom stereocenters. The van der Waals surface area contributed by atoms with E-state index < -0.39 is 6.04 Å². The van der Waals surface area contributed by atoms with Gasteiger partial charge in [0, 0.05) is 29.2 Å². The molecule has 7 heteroatoms. The number of carbonyl (C=O) groups excluding carboxylic acids is 2. The number of rotatable bonds is 7. The number of benzene rings is 1. The fourth-order valence-corrected chi connectivity index (χ4v) is 5.53. The Morgan fingerprint density at radius 1 is 1.15 bits per heavy atom. The number of hydrogen-bond acceptors (Lipinski definition) is 4. The maximum atomic E-state index is 13.3. The minimum atomic E-state index is -0.490. The van der Waals surface area contributed by atoms with E-state index in [-0.39, 0.29) is 23.6 Å². The highest BCUT2D eigenvalue weighted by molar-refractivity contribution is 6.30. The summed E-state index contributed by atoms with van der Waals surface area (Å²) in [6.45, 7) is 2.92. The lowest BCUT2D eigenvalue weighted by Crippen LogP contribution is -2.50. The van der Waals surface area contributed by atoms with Crippen LogP contribution in [0.5, 0.6) is 0 Å². The van der Waals surface area contributed by atoms with Gasteiger partial charge < -0.3 is 19.5 Å². The van der Waals surface area contributed by atoms with E-state index in [1.54, 1.807) is 24.3 Å². The average Bonchev–Trinajstić information content (AvgIpc) is 3.42. The molecule has 6 nitrogen and oxygen atoms in total. The summed E-state index contributed by atoms with van der Waals surface area (Å²) in [7, 11) is 4.29. The predicted molar refractivity (Wildman–Crippen MR) is 130 cm³/mol. The Labute approximate surface area is 201 Å². The van der Waals surface area contributed by atoms with E-state index in [9.17, 15) is 9.59 Å². The van der Waals surface area contributed by atoms with Crippen LogP contribution in [0.3, 0.4) is 0 Å². The molecule has 33 heavy (non-hydrogen) atoms. The number of nitrogens with zero attached hydrogens (tertiary/aromatic N) is 2. The molecule has 1 aromatic heterocycles. The van der Waals surface area contributed by atoms with Gasteiger partial charge in [-0.1, -0.05) is 24.9 Å². The number of amides is 2. The van der Waals surface area contributed by atoms with Gasteiger partial charge in [-0.3, -0.25) is 9.59 Å². The zero-order valence-electron chi connectivity index (χ0n) is 19.7. The van der Waals surface area contributed by atoms with Crippen LogP contribution in [0.25, 0.3) is 11.3 Å². The van der Waals surface area contributed by atoms with Crippen LogP contribution < -0.4 is 5.32 Å². The van der Waals surface area contributed by atoms with Gasteiger partial charge in [-0.2, -0.15) is 0 Å². The summed E-state index contributed by atoms with van der Waals surface area (Å²) in [4.78, 5) is 30.4. The highest BCUT2D eigenvalue weighted by Gasteiger charge is 2.42. The van der Waals surface area contributed by atoms with Crippen LogP contribution in [0.2, 0.25) is 5.02 Å². The van der Waals surface area contributed by atoms with E-state index in [2.05, 4.69) is 31.2 Å². The third kappa shape index (κ3) is 5.28. The number of carbonyl (C=O) groups is 2. The van der Waals surface area contributed by atoms with Crippen molar-refractivity contribution in [2.45, 2.75) is 63.6 Å². The van der Waals surface area contributed by atoms with Crippen LogP contribution in [0.1, 0.15) is 56.0 Å². The number of halogens is 1. The zero-order valence-corrected chi connectivity index (χ0v) is 20.5. The normalized spacial score (nSPS) is 25.6. The summed E-state index contributed by atoms with van der Waals surface area (Å²) in [5.74, 6) is 1.01. The van der Waals surface area contributed by atoms with Crippen LogP contribution in [0.4, 0.5) is 0 Å². The Bertz CT molecular complexity index is 971. The van der Waals surface area contributed by atoms with Gasteiger partial charge in [0.25, 0.3) is 5.91 Å². The van der Waals surface area contributed by atoms with Gasteiger partial charge in [0.2, 0.25) is 5.91 Å². The molecule has 2 amide bonds. The van der Waals surface area contributed by atoms with E-state index in [1.165, 1.54) is 0 Å². The number of furan rings is 1. The largest absolute Gasteiger partial charge is 0.451 e. The van der Waals surface area contributed by atoms with E-state index in [4.69, 9.17) is 16.0 Å². The quantitative estimate of drug-likeness (QED) is 0.628. The van der Waals surface area contributed by atoms with Gasteiger partial charge in [0.1, 0.15) is 11.8 Å². The molecule has 4 atom stereocenters. The lowest BCUT2D eigenvalue weighted by molar-refractivity contribution is -0.133. The molecule has 178 valence electrons. The highest BCUT2D eigenvalue weighted by atomic mass is 35.5. The van der Waals surface area contributed by atoms with E-state index in [0.29, 0.717) is 35.7 Å². The number of likely N-dealkylation sites (tertiary alicyclic amines) is 1. The van der Waals surface area contributed by atoms with Crippen LogP contribution in [0, 0.1) is 5.92 Å². The molecule has 1 aromatic carbocycles. The molecule has 2 heterocycles. The topological polar surface area (TPSA) is 65.8 Å². The van der Waals surface area contributed by atoms with Gasteiger partial charge in [-0.15, -0.1) is 0 Å². The first kappa shape index (κ1) is 23.8. The van der Waals surface area contributed by atoms with E-state index >= 15 is 0 Å². The summed E-state index contributed by atoms with van der Waals surface area (Å²) in [6.07, 6.45) is 6.17. The van der Waals surface area contributed by atoms with Crippen molar-refractivity contribution in [2.75, 3.05) is 20.6 Å². The van der Waals surface area contributed by atoms with Crippen molar-refractivity contribution in [1.29, 1.82) is 0 Å². The number of nitrogens with one attached hydrogen (secondary N) is 1. The monoisotopic (exact) mass is 471 g/mol. The Hall–Kier alpha value is -2.31. The lowest BCUT2D eigenvalue weighted by atomic mass is 9.78. The highest BCUT2D eigenvalue weighted by Crippen LogP contribution is 2.35. The van der Waals surface area contributed by atoms with Crippen molar-refractivity contribution >= 4 is 23.4 Å². The summed E-state index contributed by atoms with van der Waals surface area (Å²) >= 11 is 5.95. The van der Waals surface area contributed by atoms with Crippen molar-refractivity contribution in [3.8, 4) is 11.3 Å². The minimum Gasteiger partial charge on any atom is -0.451 e. The smallest absolute Gasteiger partial charge is 0.287 e. The average molecular weight is 472 g/mol. The predicted octanol–water partition coefficient (Wildman–Crippen LogP) is 4.83. The first-order chi connectivity index (χ1) is 15.9. The molecule has 0 spiro atoms. The van der Waals surface area contributed by atoms with Crippen LogP contribution in [0.15, 0.2) is 40.8 Å². The lowest BCUT2D eigenvalue weighted by Gasteiger charge is -2.43. The van der Waals surface area contributed by atoms with Gasteiger partial charge >= 0.3 is 0 Å². The summed E-state index contributed by atoms with van der Waals surface area (Å²) in [6, 6.07) is 11.0. The molecule has 1 saturated heterocycles. The van der Waals surface area contributed by atoms with E-state index in [0.717, 1.165) is 37.7 Å². The molecular weight excluding hydrogens is 438 g/mol. The van der Waals surface area contributed by atoms with Crippen LogP contribution in [-0.2, 0) is 4.79 Å². The van der Waals surface area contributed by atoms with Gasteiger partial charge in [0.15, 0.2) is 5.76 Å². The fourth-order valence-electron chi connectivity index (χ4n) is 5.41. The molecule has 1 aliphatic carbocycles. The summed E-state index contributed by atoms with van der Waals surface area (Å²) in [5, 5.41) is 3.55. The standard InChI is InChI=1S/C26H34ClN3O3/c1-4-5-18-16-20(29(2)3)10-11-22(18)30-15-14-21(26(30)32)28-25(31)24-13-12-23(33-24)17-6-8-19(27)9-7-17/h6-9,12-13,18,20-22H,4-5,10-11,14-16H2,1-3H3,(H,28,31)/t18-,20-,21+,22+/m1/s1. The molecule has 2 aliphatic rings. The van der Waals surface area contributed by atoms with Gasteiger partial charge in [-0.05, 0) is 88.5 Å². The molecule has 1 N–H and O–H groups in total. The summed E-state index contributed by atoms with van der Waals surface area (Å²) in [5.41, 5.74) is 0.844. The Morgan fingerprint density at radius 3 is 2.61 bits per heavy atom. The maximum absolute atomic E-state index is 13.3. The van der Waals surface area contributed by atoms with E-state index in [1.807, 2.05) is 17.0 Å². The molecule has 4 rings (SSSR count). The molecule has 0 radical (unpaired) electrons. The molecular formula is C26H34ClN3O3. The second-order valence-corrected chi connectivity index (χ2v) is 10.0. The molecule has 2 fully saturated rings. The molecule has 1 saturated carbocycles. The minimum absolute atomic E-state index is 0.0437. The summed E-state index contributed by atoms with van der Waals surface area (Å²) < 4.78 is 5.76. The Balaban J connectivity index is 1.39. The Kier molecular flexibility index (Phi) is 7.45. The van der Waals surface area contributed by atoms with Gasteiger partial charge in [-0.25, -0.2) is 0 Å². The number of hydrogen-bond donors (Lipinski definition) is 1. The van der Waals surface area contributed by atoms with Gasteiger partial charge in [0.05, 0.1) is 0 Å². The second kappa shape index (κ2) is 10.3. The third-order valence-electron chi connectivity index (χ3n) is 7.21. The zero-order chi connectivity index (χ0) is 23.5. The van der Waals surface area contributed by atoms with Crippen LogP contribution in [-0.4, -0.2) is 60.4 Å². The van der Waals surface area contributed by atoms with Crippen LogP contribution >= 0.6 is 11.6 Å². The second-order valence-electron chi connectivity index (χ2n) is 9.56.